The SMILES string of the molecule is CC[C@H]1OC(=O)[C@H](C)[C@@H](O[C@H]2C[C@@](C)(OC)[C@@H](O)[C@H](C)O2)[C@H](C)[C@@H](O[C@@H]2O[C@H](C)C[C@H](N(C)C(=O)N3CCOCC3)[C@H]2O)[C@](C)(OC)C[C@@H](C)C(=O)[C@H](C)[C@H]2[C@H](SCCOc3cc(C(=O)Nc4c(Cl)cncc4Cl)ccc3OC)C(=O)O[C@@]21C. The highest BCUT2D eigenvalue weighted by Gasteiger charge is 2.62. The maximum Gasteiger partial charge on any atom is 0.320 e. The molecule has 7 rings (SSSR count). The normalized spacial score (nSPS) is 37.1. The predicted molar refractivity (Wildman–Crippen MR) is 311 cm³/mol. The summed E-state index contributed by atoms with van der Waals surface area (Å²) in [5.41, 5.74) is -3.68. The van der Waals surface area contributed by atoms with Crippen molar-refractivity contribution in [3.05, 3.63) is 46.2 Å². The molecule has 84 heavy (non-hydrogen) atoms. The number of aromatic nitrogens is 1. The van der Waals surface area contributed by atoms with Crippen molar-refractivity contribution in [2.45, 2.75) is 178 Å². The van der Waals surface area contributed by atoms with Crippen LogP contribution in [0.3, 0.4) is 0 Å². The van der Waals surface area contributed by atoms with Crippen LogP contribution in [0.4, 0.5) is 10.5 Å². The predicted octanol–water partition coefficient (Wildman–Crippen LogP) is 7.23. The fourth-order valence-electron chi connectivity index (χ4n) is 12.9. The topological polar surface area (TPSA) is 259 Å². The van der Waals surface area contributed by atoms with Crippen molar-refractivity contribution in [2.75, 3.05) is 72.4 Å². The molecule has 25 heteroatoms. The second kappa shape index (κ2) is 28.4. The fraction of sp³-hybridized carbons (Fsp3) is 0.729. The minimum Gasteiger partial charge on any atom is -0.493 e. The summed E-state index contributed by atoms with van der Waals surface area (Å²) in [5, 5.41) is 25.6. The Morgan fingerprint density at radius 3 is 2.19 bits per heavy atom. The highest BCUT2D eigenvalue weighted by atomic mass is 35.5. The zero-order chi connectivity index (χ0) is 61.7. The lowest BCUT2D eigenvalue weighted by atomic mass is 9.70. The third-order valence-corrected chi connectivity index (χ3v) is 19.7. The second-order valence-electron chi connectivity index (χ2n) is 23.6. The smallest absolute Gasteiger partial charge is 0.320 e. The monoisotopic (exact) mass is 1240 g/mol. The van der Waals surface area contributed by atoms with E-state index in [1.165, 1.54) is 56.5 Å². The van der Waals surface area contributed by atoms with Gasteiger partial charge in [0, 0.05) is 88.2 Å². The molecule has 19 atom stereocenters. The number of likely N-dealkylation sites (N-methyl/N-ethyl adjacent to an activating group) is 1. The number of morpholine rings is 1. The first-order valence-corrected chi connectivity index (χ1v) is 30.6. The lowest BCUT2D eigenvalue weighted by molar-refractivity contribution is -0.319. The Hall–Kier alpha value is -4.11. The van der Waals surface area contributed by atoms with Crippen LogP contribution in [-0.2, 0) is 57.0 Å². The van der Waals surface area contributed by atoms with Crippen molar-refractivity contribution < 1.29 is 86.3 Å². The number of pyridine rings is 1. The maximum absolute atomic E-state index is 15.4. The Bertz CT molecular complexity index is 2620. The number of esters is 2. The van der Waals surface area contributed by atoms with Crippen LogP contribution < -0.4 is 14.8 Å². The van der Waals surface area contributed by atoms with Crippen molar-refractivity contribution in [2.24, 2.45) is 29.6 Å². The number of aliphatic hydroxyl groups is 2. The molecule has 0 saturated carbocycles. The molecule has 0 aliphatic carbocycles. The first-order valence-electron chi connectivity index (χ1n) is 28.8. The Kier molecular flexibility index (Phi) is 22.8. The van der Waals surface area contributed by atoms with Crippen molar-refractivity contribution >= 4 is 70.3 Å². The quantitative estimate of drug-likeness (QED) is 0.111. The molecule has 5 aliphatic rings. The number of nitrogens with one attached hydrogen (secondary N) is 1. The molecule has 0 radical (unpaired) electrons. The van der Waals surface area contributed by atoms with E-state index in [1.54, 1.807) is 72.5 Å². The largest absolute Gasteiger partial charge is 0.493 e. The summed E-state index contributed by atoms with van der Waals surface area (Å²) in [5.74, 6) is -5.82. The number of ketones is 1. The Balaban J connectivity index is 1.22. The summed E-state index contributed by atoms with van der Waals surface area (Å²) in [7, 11) is 6.08. The number of urea groups is 1. The minimum atomic E-state index is -1.53. The number of hydrogen-bond donors (Lipinski definition) is 3. The van der Waals surface area contributed by atoms with Gasteiger partial charge in [-0.05, 0) is 79.0 Å². The first kappa shape index (κ1) is 67.4. The van der Waals surface area contributed by atoms with E-state index in [0.29, 0.717) is 32.1 Å². The number of fused-ring (bicyclic) bond motifs is 1. The van der Waals surface area contributed by atoms with Crippen LogP contribution in [0.25, 0.3) is 0 Å². The number of halogens is 2. The van der Waals surface area contributed by atoms with Gasteiger partial charge >= 0.3 is 18.0 Å². The number of thioether (sulfide) groups is 1. The molecule has 470 valence electrons. The fourth-order valence-corrected chi connectivity index (χ4v) is 14.7. The zero-order valence-corrected chi connectivity index (χ0v) is 53.0. The molecule has 6 heterocycles. The molecule has 3 amide bonds. The summed E-state index contributed by atoms with van der Waals surface area (Å²) < 4.78 is 69.4. The van der Waals surface area contributed by atoms with Crippen LogP contribution in [0.15, 0.2) is 30.6 Å². The number of carbonyl (C=O) groups excluding carboxylic acids is 5. The van der Waals surface area contributed by atoms with E-state index in [1.807, 2.05) is 20.8 Å². The molecular formula is C59H86Cl2N4O18S. The average molecular weight is 1240 g/mol. The maximum atomic E-state index is 15.4. The number of rotatable bonds is 16. The van der Waals surface area contributed by atoms with Gasteiger partial charge in [0.15, 0.2) is 29.7 Å². The van der Waals surface area contributed by atoms with Gasteiger partial charge in [-0.3, -0.25) is 24.2 Å². The molecule has 5 aliphatic heterocycles. The Morgan fingerprint density at radius 1 is 0.893 bits per heavy atom. The van der Waals surface area contributed by atoms with Gasteiger partial charge in [0.25, 0.3) is 5.91 Å². The van der Waals surface area contributed by atoms with Crippen molar-refractivity contribution in [3.63, 3.8) is 0 Å². The number of Topliss-reactive ketones (excluding diaryl/α,β-unsaturated/α-hetero) is 1. The molecule has 0 spiro atoms. The first-order chi connectivity index (χ1) is 39.7. The summed E-state index contributed by atoms with van der Waals surface area (Å²) >= 11 is 13.8. The molecule has 1 aromatic heterocycles. The van der Waals surface area contributed by atoms with Crippen LogP contribution in [0.2, 0.25) is 10.0 Å². The molecule has 2 aromatic rings. The second-order valence-corrected chi connectivity index (χ2v) is 25.6. The molecule has 3 N–H and O–H groups in total. The Labute approximate surface area is 507 Å². The van der Waals surface area contributed by atoms with Gasteiger partial charge in [-0.1, -0.05) is 50.9 Å². The van der Waals surface area contributed by atoms with Crippen LogP contribution in [0.5, 0.6) is 11.5 Å². The lowest BCUT2D eigenvalue weighted by Gasteiger charge is -2.50. The van der Waals surface area contributed by atoms with E-state index in [4.69, 9.17) is 75.3 Å². The molecule has 1 aromatic carbocycles. The van der Waals surface area contributed by atoms with Crippen LogP contribution in [0, 0.1) is 29.6 Å². The van der Waals surface area contributed by atoms with Gasteiger partial charge in [-0.25, -0.2) is 4.79 Å². The molecule has 0 unspecified atom stereocenters. The van der Waals surface area contributed by atoms with E-state index in [-0.39, 0.29) is 76.9 Å². The van der Waals surface area contributed by atoms with Gasteiger partial charge in [0.05, 0.1) is 90.2 Å². The molecule has 5 saturated heterocycles. The van der Waals surface area contributed by atoms with Gasteiger partial charge in [0.2, 0.25) is 0 Å². The number of aliphatic hydroxyl groups excluding tert-OH is 2. The summed E-state index contributed by atoms with van der Waals surface area (Å²) in [4.78, 5) is 79.5. The van der Waals surface area contributed by atoms with E-state index in [9.17, 15) is 24.6 Å². The van der Waals surface area contributed by atoms with Crippen LogP contribution in [0.1, 0.15) is 105 Å². The zero-order valence-electron chi connectivity index (χ0n) is 50.6. The summed E-state index contributed by atoms with van der Waals surface area (Å²) in [6.07, 6.45) is -6.19. The van der Waals surface area contributed by atoms with Gasteiger partial charge in [0.1, 0.15) is 29.3 Å². The van der Waals surface area contributed by atoms with Crippen LogP contribution >= 0.6 is 35.0 Å². The third-order valence-electron chi connectivity index (χ3n) is 17.8. The number of ether oxygens (including phenoxy) is 11. The lowest BCUT2D eigenvalue weighted by Crippen LogP contribution is -2.62. The number of nitrogens with zero attached hydrogens (tertiary/aromatic N) is 3. The van der Waals surface area contributed by atoms with E-state index in [0.717, 1.165) is 0 Å². The van der Waals surface area contributed by atoms with Crippen molar-refractivity contribution in [1.82, 2.24) is 14.8 Å². The van der Waals surface area contributed by atoms with E-state index < -0.39 is 131 Å². The summed E-state index contributed by atoms with van der Waals surface area (Å²) in [6, 6.07) is 3.59. The minimum absolute atomic E-state index is 0.0162. The highest BCUT2D eigenvalue weighted by molar-refractivity contribution is 8.00. The van der Waals surface area contributed by atoms with Crippen molar-refractivity contribution in [3.8, 4) is 11.5 Å². The standard InChI is InChI=1S/C59H86Cl2N4O18S/c1-15-42-59(10)44(49(54(71)83-59)84-23-22-77-41-25-36(16-17-40(41)73-12)52(69)63-45-37(60)28-62-29-38(45)61)32(4)46(66)30(2)26-58(9,75-14)51(82-55-47(67)39(24-31(3)78-55)64(11)56(72)65-18-20-76-21-19-65)33(5)48(34(6)53(70)80-42)81-43-27-57(8,74-13)50(68)35(7)79-43/h16-17,25,28-35,39,42-44,47-51,55,67-68H,15,18-24,26-27H2,1-14H3,(H,62,63,69)/t30-,31-,32-,33+,34-,35+,39+,42-,43+,44+,47-,48+,49+,50+,51-,55+,57-,58-,59-/m1/s1. The molecular weight excluding hydrogens is 1160 g/mol. The number of cyclic esters (lactones) is 1. The molecule has 22 nitrogen and oxygen atoms in total. The summed E-state index contributed by atoms with van der Waals surface area (Å²) in [6.45, 7) is 19.2. The number of methoxy groups -OCH3 is 3. The molecule has 0 bridgehead atoms. The number of benzene rings is 1. The van der Waals surface area contributed by atoms with Crippen LogP contribution in [-0.4, -0.2) is 205 Å². The Morgan fingerprint density at radius 2 is 1.56 bits per heavy atom. The van der Waals surface area contributed by atoms with Gasteiger partial charge in [-0.15, -0.1) is 11.8 Å². The average Bonchev–Trinajstić information content (AvgIpc) is 2.16. The number of anilines is 1. The van der Waals surface area contributed by atoms with Gasteiger partial charge < -0.3 is 77.4 Å². The number of hydrogen-bond acceptors (Lipinski definition) is 20. The van der Waals surface area contributed by atoms with Gasteiger partial charge in [-0.2, -0.15) is 0 Å². The number of carbonyl (C=O) groups is 5. The molecule has 5 fully saturated rings. The number of amides is 3. The highest BCUT2D eigenvalue weighted by Crippen LogP contribution is 2.50. The van der Waals surface area contributed by atoms with E-state index in [2.05, 4.69) is 10.3 Å². The van der Waals surface area contributed by atoms with E-state index >= 15 is 9.59 Å². The van der Waals surface area contributed by atoms with Crippen molar-refractivity contribution in [1.29, 1.82) is 0 Å². The third kappa shape index (κ3) is 14.4.